The fourth-order valence-electron chi connectivity index (χ4n) is 3.13. The molecule has 0 fully saturated rings. The van der Waals surface area contributed by atoms with Crippen molar-refractivity contribution in [1.82, 2.24) is 0 Å². The number of carbonyl (C=O) groups excluding carboxylic acids is 3. The maximum Gasteiger partial charge on any atom is 0.385 e. The quantitative estimate of drug-likeness (QED) is 0.165. The van der Waals surface area contributed by atoms with Crippen LogP contribution in [0.2, 0.25) is 0 Å². The smallest absolute Gasteiger partial charge is 0.385 e. The van der Waals surface area contributed by atoms with E-state index in [2.05, 4.69) is 355 Å². The zero-order valence-corrected chi connectivity index (χ0v) is 41.3. The van der Waals surface area contributed by atoms with Crippen molar-refractivity contribution in [1.29, 1.82) is 0 Å². The molecule has 6 nitrogen and oxygen atoms in total. The van der Waals surface area contributed by atoms with Crippen LogP contribution in [-0.4, -0.2) is 37.7 Å². The molecule has 0 amide bonds. The number of hydrogen-bond donors (Lipinski definition) is 0. The highest BCUT2D eigenvalue weighted by atomic mass is 16.6. The molecule has 0 unspecified atom stereocenters. The molecular formula is C72H20O6. The Balaban J connectivity index is 5.89. The van der Waals surface area contributed by atoms with Crippen molar-refractivity contribution in [2.75, 3.05) is 19.8 Å². The summed E-state index contributed by atoms with van der Waals surface area (Å²) in [5.41, 5.74) is -1.28. The average Bonchev–Trinajstić information content (AvgIpc) is 3.45. The summed E-state index contributed by atoms with van der Waals surface area (Å²) in [6.45, 7) is 5.38. The van der Waals surface area contributed by atoms with Gasteiger partial charge in [0.25, 0.3) is 0 Å². The van der Waals surface area contributed by atoms with Crippen LogP contribution in [0.4, 0.5) is 0 Å². The maximum atomic E-state index is 12.5. The van der Waals surface area contributed by atoms with Crippen molar-refractivity contribution in [3.05, 3.63) is 0 Å². The van der Waals surface area contributed by atoms with E-state index in [-0.39, 0.29) is 6.42 Å². The van der Waals surface area contributed by atoms with Gasteiger partial charge in [0.2, 0.25) is 0 Å². The highest BCUT2D eigenvalue weighted by molar-refractivity contribution is 5.90. The molecule has 344 valence electrons. The number of rotatable bonds is 7. The molecule has 0 bridgehead atoms. The minimum absolute atomic E-state index is 0.156. The van der Waals surface area contributed by atoms with Crippen molar-refractivity contribution in [3.8, 4) is 355 Å². The van der Waals surface area contributed by atoms with Crippen LogP contribution in [0.25, 0.3) is 0 Å². The SMILES string of the molecule is CC#CC#CC#CC#CC#CC#CC#CC#CC#CC#CC(=O)OCC(CC)(COC(=O)C#CC#CC#CC#CC#CC#CC#CC#CC#CC#CC)COC(=O)C#CC#CC#CC#CC#CC#CC#CC#CC#CC#CC. The molecule has 0 heterocycles. The number of carbonyl (C=O) groups is 3. The van der Waals surface area contributed by atoms with Gasteiger partial charge < -0.3 is 14.2 Å². The summed E-state index contributed by atoms with van der Waals surface area (Å²) in [6, 6.07) is 0. The van der Waals surface area contributed by atoms with Gasteiger partial charge in [0.1, 0.15) is 19.8 Å². The van der Waals surface area contributed by atoms with Gasteiger partial charge in [0.05, 0.1) is 5.41 Å². The first-order chi connectivity index (χ1) is 38.4. The minimum atomic E-state index is -1.28. The Kier molecular flexibility index (Phi) is 41.8. The molecule has 0 aromatic rings. The Bertz CT molecular complexity index is 4070. The molecule has 0 atom stereocenters. The van der Waals surface area contributed by atoms with E-state index in [1.54, 1.807) is 27.7 Å². The molecule has 0 radical (unpaired) electrons. The molecule has 0 N–H and O–H groups in total. The van der Waals surface area contributed by atoms with E-state index in [0.717, 1.165) is 0 Å². The second-order valence-corrected chi connectivity index (χ2v) is 11.5. The molecule has 0 aromatic heterocycles. The van der Waals surface area contributed by atoms with Gasteiger partial charge in [-0.25, -0.2) is 14.4 Å². The van der Waals surface area contributed by atoms with E-state index < -0.39 is 43.1 Å². The summed E-state index contributed by atoms with van der Waals surface area (Å²) >= 11 is 0. The Morgan fingerprint density at radius 1 is 0.231 bits per heavy atom. The summed E-state index contributed by atoms with van der Waals surface area (Å²) in [4.78, 5) is 37.5. The maximum absolute atomic E-state index is 12.5. The van der Waals surface area contributed by atoms with Crippen molar-refractivity contribution in [2.24, 2.45) is 5.41 Å². The van der Waals surface area contributed by atoms with Gasteiger partial charge in [-0.15, -0.1) is 0 Å². The second-order valence-electron chi connectivity index (χ2n) is 11.5. The Morgan fingerprint density at radius 3 is 0.487 bits per heavy atom. The molecule has 0 saturated carbocycles. The van der Waals surface area contributed by atoms with Crippen LogP contribution < -0.4 is 0 Å². The Morgan fingerprint density at radius 2 is 0.359 bits per heavy atom. The lowest BCUT2D eigenvalue weighted by Crippen LogP contribution is -2.38. The summed E-state index contributed by atoms with van der Waals surface area (Å²) < 4.78 is 15.9. The van der Waals surface area contributed by atoms with Gasteiger partial charge in [-0.1, -0.05) is 24.7 Å². The topological polar surface area (TPSA) is 78.9 Å². The molecule has 0 aliphatic heterocycles. The number of hydrogen-bond acceptors (Lipinski definition) is 6. The Hall–Kier alpha value is -14.8. The lowest BCUT2D eigenvalue weighted by molar-refractivity contribution is -0.154. The van der Waals surface area contributed by atoms with E-state index in [1.165, 1.54) is 0 Å². The molecule has 0 aliphatic rings. The largest absolute Gasteiger partial charge is 0.455 e. The average molecular weight is 981 g/mol. The van der Waals surface area contributed by atoms with Gasteiger partial charge >= 0.3 is 17.9 Å². The number of esters is 3. The molecule has 0 spiro atoms. The lowest BCUT2D eigenvalue weighted by atomic mass is 9.88. The molecule has 0 aromatic carbocycles. The normalized spacial score (nSPS) is 5.54. The fourth-order valence-corrected chi connectivity index (χ4v) is 3.13. The third-order valence-electron chi connectivity index (χ3n) is 6.33. The van der Waals surface area contributed by atoms with E-state index in [9.17, 15) is 14.4 Å². The van der Waals surface area contributed by atoms with Crippen molar-refractivity contribution < 1.29 is 28.6 Å². The van der Waals surface area contributed by atoms with Gasteiger partial charge in [-0.3, -0.25) is 0 Å². The Labute approximate surface area is 458 Å². The van der Waals surface area contributed by atoms with E-state index in [4.69, 9.17) is 14.2 Å². The van der Waals surface area contributed by atoms with Crippen LogP contribution in [-0.2, 0) is 28.6 Å². The highest BCUT2D eigenvalue weighted by Crippen LogP contribution is 2.24. The molecule has 78 heavy (non-hydrogen) atoms. The first kappa shape index (κ1) is 63.2. The van der Waals surface area contributed by atoms with E-state index in [0.29, 0.717) is 0 Å². The van der Waals surface area contributed by atoms with E-state index in [1.807, 2.05) is 0 Å². The fraction of sp³-hybridized carbons (Fsp3) is 0.125. The van der Waals surface area contributed by atoms with Crippen LogP contribution in [0.5, 0.6) is 0 Å². The van der Waals surface area contributed by atoms with Gasteiger partial charge in [0.15, 0.2) is 0 Å². The minimum Gasteiger partial charge on any atom is -0.455 e. The van der Waals surface area contributed by atoms with Crippen molar-refractivity contribution >= 4 is 17.9 Å². The molecular weight excluding hydrogens is 961 g/mol. The molecule has 0 saturated heterocycles. The van der Waals surface area contributed by atoms with Crippen LogP contribution in [0, 0.1) is 361 Å². The van der Waals surface area contributed by atoms with Crippen LogP contribution >= 0.6 is 0 Å². The number of ether oxygens (including phenoxy) is 3. The first-order valence-electron chi connectivity index (χ1n) is 20.7. The predicted molar refractivity (Wildman–Crippen MR) is 296 cm³/mol. The van der Waals surface area contributed by atoms with Crippen molar-refractivity contribution in [3.63, 3.8) is 0 Å². The summed E-state index contributed by atoms with van der Waals surface area (Å²) in [5, 5.41) is 0. The third-order valence-corrected chi connectivity index (χ3v) is 6.33. The highest BCUT2D eigenvalue weighted by Gasteiger charge is 2.34. The summed E-state index contributed by atoms with van der Waals surface area (Å²) in [7, 11) is 0. The van der Waals surface area contributed by atoms with Crippen molar-refractivity contribution in [2.45, 2.75) is 34.1 Å². The molecule has 6 heteroatoms. The van der Waals surface area contributed by atoms with Crippen LogP contribution in [0.1, 0.15) is 34.1 Å². The lowest BCUT2D eigenvalue weighted by Gasteiger charge is -2.30. The van der Waals surface area contributed by atoms with Gasteiger partial charge in [-0.05, 0) is 311 Å². The van der Waals surface area contributed by atoms with Gasteiger partial charge in [-0.2, -0.15) is 0 Å². The van der Waals surface area contributed by atoms with Crippen LogP contribution in [0.3, 0.4) is 0 Å². The zero-order chi connectivity index (χ0) is 56.6. The summed E-state index contributed by atoms with van der Waals surface area (Å²) in [5.74, 6) is 144. The first-order valence-corrected chi connectivity index (χ1v) is 20.7. The summed E-state index contributed by atoms with van der Waals surface area (Å²) in [6.07, 6.45) is 0.156. The standard InChI is InChI=1S/C72H20O6/c1-5-9-12-15-18-21-24-27-30-33-36-39-42-45-48-51-54-57-60-63-69(73)76-66-72(8-4,67-77-70(74)64-61-58-55-52-49-46-43-40-37-34-31-28-25-22-19-16-13-10-6-2)68-78-71(75)65-62-59-56-53-50-47-44-41-38-35-32-29-26-23-20-17-14-11-7-3/h8,66-68H2,1-4H3. The zero-order valence-electron chi connectivity index (χ0n) is 41.3. The van der Waals surface area contributed by atoms with Crippen LogP contribution in [0.15, 0.2) is 0 Å². The van der Waals surface area contributed by atoms with E-state index >= 15 is 0 Å². The van der Waals surface area contributed by atoms with Gasteiger partial charge in [0, 0.05) is 53.3 Å². The molecule has 0 aliphatic carbocycles. The molecule has 0 rings (SSSR count). The predicted octanol–water partition coefficient (Wildman–Crippen LogP) is 1.17. The second kappa shape index (κ2) is 51.6. The monoisotopic (exact) mass is 980 g/mol. The third kappa shape index (κ3) is 46.3.